The molecule has 6 nitrogen and oxygen atoms in total. The summed E-state index contributed by atoms with van der Waals surface area (Å²) in [6.07, 6.45) is 0.878. The van der Waals surface area contributed by atoms with E-state index in [4.69, 9.17) is 9.47 Å². The molecule has 1 atom stereocenters. The predicted molar refractivity (Wildman–Crippen MR) is 103 cm³/mol. The molecule has 0 spiro atoms. The van der Waals surface area contributed by atoms with Crippen LogP contribution < -0.4 is 14.8 Å². The lowest BCUT2D eigenvalue weighted by atomic mass is 9.98. The van der Waals surface area contributed by atoms with Crippen LogP contribution in [-0.2, 0) is 9.59 Å². The molecule has 0 saturated carbocycles. The highest BCUT2D eigenvalue weighted by Gasteiger charge is 2.44. The van der Waals surface area contributed by atoms with Crippen LogP contribution in [0.15, 0.2) is 18.2 Å². The first-order chi connectivity index (χ1) is 12.4. The van der Waals surface area contributed by atoms with E-state index in [0.717, 1.165) is 6.42 Å². The fourth-order valence-electron chi connectivity index (χ4n) is 3.10. The first-order valence-electron chi connectivity index (χ1n) is 8.99. The number of rotatable bonds is 5. The Kier molecular flexibility index (Phi) is 5.65. The van der Waals surface area contributed by atoms with Crippen LogP contribution in [-0.4, -0.2) is 53.5 Å². The molecule has 1 saturated heterocycles. The van der Waals surface area contributed by atoms with Crippen molar-refractivity contribution in [3.8, 4) is 11.5 Å². The van der Waals surface area contributed by atoms with Crippen molar-refractivity contribution in [3.63, 3.8) is 0 Å². The molecule has 26 heavy (non-hydrogen) atoms. The van der Waals surface area contributed by atoms with Crippen molar-refractivity contribution in [1.82, 2.24) is 4.90 Å². The Labute approximate surface area is 158 Å². The standard InChI is InChI=1S/C19H26N2O4S/c1-13(2)6-7-21-17(22)11-26-12-19(21,3)18(23)20-14-4-5-15-16(10-14)25-9-8-24-15/h4-5,10,13H,6-9,11-12H2,1-3H3,(H,20,23). The summed E-state index contributed by atoms with van der Waals surface area (Å²) in [5.41, 5.74) is -0.213. The Balaban J connectivity index is 1.76. The number of anilines is 1. The maximum absolute atomic E-state index is 13.1. The third-order valence-electron chi connectivity index (χ3n) is 4.72. The van der Waals surface area contributed by atoms with E-state index in [2.05, 4.69) is 19.2 Å². The predicted octanol–water partition coefficient (Wildman–Crippen LogP) is 2.78. The molecular formula is C19H26N2O4S. The van der Waals surface area contributed by atoms with Gasteiger partial charge in [0.2, 0.25) is 5.91 Å². The van der Waals surface area contributed by atoms with Gasteiger partial charge in [-0.2, -0.15) is 0 Å². The zero-order chi connectivity index (χ0) is 18.7. The van der Waals surface area contributed by atoms with Crippen molar-refractivity contribution in [2.24, 2.45) is 5.92 Å². The van der Waals surface area contributed by atoms with Crippen LogP contribution in [0.25, 0.3) is 0 Å². The maximum atomic E-state index is 13.1. The van der Waals surface area contributed by atoms with Gasteiger partial charge in [-0.25, -0.2) is 0 Å². The fraction of sp³-hybridized carbons (Fsp3) is 0.579. The highest BCUT2D eigenvalue weighted by atomic mass is 32.2. The fourth-order valence-corrected chi connectivity index (χ4v) is 4.22. The SMILES string of the molecule is CC(C)CCN1C(=O)CSCC1(C)C(=O)Nc1ccc2c(c1)OCCO2. The highest BCUT2D eigenvalue weighted by Crippen LogP contribution is 2.34. The van der Waals surface area contributed by atoms with Crippen LogP contribution in [0.5, 0.6) is 11.5 Å². The molecule has 3 rings (SSSR count). The van der Waals surface area contributed by atoms with E-state index < -0.39 is 5.54 Å². The Bertz CT molecular complexity index is 694. The molecule has 2 aliphatic heterocycles. The maximum Gasteiger partial charge on any atom is 0.250 e. The zero-order valence-corrected chi connectivity index (χ0v) is 16.4. The summed E-state index contributed by atoms with van der Waals surface area (Å²) in [6, 6.07) is 5.36. The van der Waals surface area contributed by atoms with E-state index in [1.54, 1.807) is 23.1 Å². The number of nitrogens with zero attached hydrogens (tertiary/aromatic N) is 1. The number of fused-ring (bicyclic) bond motifs is 1. The Hall–Kier alpha value is -1.89. The van der Waals surface area contributed by atoms with Gasteiger partial charge in [-0.3, -0.25) is 9.59 Å². The van der Waals surface area contributed by atoms with Gasteiger partial charge in [0.15, 0.2) is 11.5 Å². The molecule has 142 valence electrons. The summed E-state index contributed by atoms with van der Waals surface area (Å²) in [7, 11) is 0. The first kappa shape index (κ1) is 18.9. The first-order valence-corrected chi connectivity index (χ1v) is 10.1. The monoisotopic (exact) mass is 378 g/mol. The number of nitrogens with one attached hydrogen (secondary N) is 1. The average molecular weight is 378 g/mol. The topological polar surface area (TPSA) is 67.9 Å². The van der Waals surface area contributed by atoms with Crippen molar-refractivity contribution in [2.75, 3.05) is 36.6 Å². The summed E-state index contributed by atoms with van der Waals surface area (Å²) < 4.78 is 11.1. The molecule has 0 radical (unpaired) electrons. The normalized spacial score (nSPS) is 22.5. The van der Waals surface area contributed by atoms with Crippen LogP contribution in [0.1, 0.15) is 27.2 Å². The quantitative estimate of drug-likeness (QED) is 0.853. The molecule has 0 aliphatic carbocycles. The lowest BCUT2D eigenvalue weighted by Gasteiger charge is -2.43. The van der Waals surface area contributed by atoms with Crippen molar-refractivity contribution in [3.05, 3.63) is 18.2 Å². The molecule has 0 aromatic heterocycles. The minimum Gasteiger partial charge on any atom is -0.486 e. The molecule has 7 heteroatoms. The van der Waals surface area contributed by atoms with Gasteiger partial charge in [0.1, 0.15) is 18.8 Å². The van der Waals surface area contributed by atoms with Gasteiger partial charge < -0.3 is 19.7 Å². The van der Waals surface area contributed by atoms with Crippen molar-refractivity contribution < 1.29 is 19.1 Å². The van der Waals surface area contributed by atoms with Crippen LogP contribution in [0, 0.1) is 5.92 Å². The molecule has 2 amide bonds. The number of hydrogen-bond donors (Lipinski definition) is 1. The minimum atomic E-state index is -0.859. The lowest BCUT2D eigenvalue weighted by molar-refractivity contribution is -0.142. The van der Waals surface area contributed by atoms with Gasteiger partial charge in [0.25, 0.3) is 5.91 Å². The van der Waals surface area contributed by atoms with E-state index in [9.17, 15) is 9.59 Å². The largest absolute Gasteiger partial charge is 0.486 e. The average Bonchev–Trinajstić information content (AvgIpc) is 2.61. The summed E-state index contributed by atoms with van der Waals surface area (Å²) in [5.74, 6) is 2.67. The van der Waals surface area contributed by atoms with Gasteiger partial charge in [-0.15, -0.1) is 11.8 Å². The van der Waals surface area contributed by atoms with Crippen LogP contribution in [0.3, 0.4) is 0 Å². The lowest BCUT2D eigenvalue weighted by Crippen LogP contribution is -2.62. The van der Waals surface area contributed by atoms with Crippen LogP contribution >= 0.6 is 11.8 Å². The third kappa shape index (κ3) is 3.92. The highest BCUT2D eigenvalue weighted by molar-refractivity contribution is 8.00. The molecule has 2 heterocycles. The molecule has 2 aliphatic rings. The third-order valence-corrected chi connectivity index (χ3v) is 5.94. The second-order valence-electron chi connectivity index (χ2n) is 7.31. The zero-order valence-electron chi connectivity index (χ0n) is 15.5. The Morgan fingerprint density at radius 2 is 2.04 bits per heavy atom. The summed E-state index contributed by atoms with van der Waals surface area (Å²) in [4.78, 5) is 27.3. The van der Waals surface area contributed by atoms with E-state index in [0.29, 0.717) is 54.4 Å². The molecule has 1 aromatic rings. The molecule has 0 bridgehead atoms. The number of thioether (sulfide) groups is 1. The summed E-state index contributed by atoms with van der Waals surface area (Å²) in [5, 5.41) is 2.96. The van der Waals surface area contributed by atoms with Crippen molar-refractivity contribution in [1.29, 1.82) is 0 Å². The Morgan fingerprint density at radius 1 is 1.31 bits per heavy atom. The van der Waals surface area contributed by atoms with Gasteiger partial charge in [0.05, 0.1) is 5.75 Å². The smallest absolute Gasteiger partial charge is 0.250 e. The number of carbonyl (C=O) groups excluding carboxylic acids is 2. The van der Waals surface area contributed by atoms with Gasteiger partial charge in [-0.05, 0) is 31.4 Å². The van der Waals surface area contributed by atoms with E-state index in [1.165, 1.54) is 11.8 Å². The minimum absolute atomic E-state index is 0.0294. The van der Waals surface area contributed by atoms with Crippen LogP contribution in [0.4, 0.5) is 5.69 Å². The number of benzene rings is 1. The van der Waals surface area contributed by atoms with Gasteiger partial charge in [-0.1, -0.05) is 13.8 Å². The number of hydrogen-bond acceptors (Lipinski definition) is 5. The second-order valence-corrected chi connectivity index (χ2v) is 8.29. The summed E-state index contributed by atoms with van der Waals surface area (Å²) in [6.45, 7) is 7.72. The van der Waals surface area contributed by atoms with E-state index in [1.807, 2.05) is 6.92 Å². The molecular weight excluding hydrogens is 352 g/mol. The van der Waals surface area contributed by atoms with E-state index >= 15 is 0 Å². The Morgan fingerprint density at radius 3 is 2.77 bits per heavy atom. The van der Waals surface area contributed by atoms with E-state index in [-0.39, 0.29) is 11.8 Å². The second kappa shape index (κ2) is 7.78. The van der Waals surface area contributed by atoms with Crippen molar-refractivity contribution in [2.45, 2.75) is 32.7 Å². The molecule has 1 aromatic carbocycles. The van der Waals surface area contributed by atoms with Gasteiger partial charge >= 0.3 is 0 Å². The summed E-state index contributed by atoms with van der Waals surface area (Å²) >= 11 is 1.51. The van der Waals surface area contributed by atoms with Gasteiger partial charge in [0, 0.05) is 24.1 Å². The molecule has 1 unspecified atom stereocenters. The molecule has 1 N–H and O–H groups in total. The molecule has 1 fully saturated rings. The number of amides is 2. The number of carbonyl (C=O) groups is 2. The number of ether oxygens (including phenoxy) is 2. The van der Waals surface area contributed by atoms with Crippen LogP contribution in [0.2, 0.25) is 0 Å². The van der Waals surface area contributed by atoms with Crippen molar-refractivity contribution >= 4 is 29.3 Å².